The van der Waals surface area contributed by atoms with Crippen LogP contribution in [0.2, 0.25) is 0 Å². The topological polar surface area (TPSA) is 49.4 Å². The fraction of sp³-hybridized carbons (Fsp3) is 0.300. The molecular formula is C20H22N2O2. The highest BCUT2D eigenvalue weighted by Crippen LogP contribution is 2.31. The van der Waals surface area contributed by atoms with E-state index in [4.69, 9.17) is 0 Å². The first kappa shape index (κ1) is 16.2. The summed E-state index contributed by atoms with van der Waals surface area (Å²) in [7, 11) is 0. The summed E-state index contributed by atoms with van der Waals surface area (Å²) in [4.78, 5) is 26.7. The lowest BCUT2D eigenvalue weighted by Gasteiger charge is -2.20. The molecule has 124 valence electrons. The van der Waals surface area contributed by atoms with Gasteiger partial charge >= 0.3 is 0 Å². The Labute approximate surface area is 142 Å². The number of hydrogen-bond donors (Lipinski definition) is 1. The lowest BCUT2D eigenvalue weighted by molar-refractivity contribution is -0.121. The first-order valence-electron chi connectivity index (χ1n) is 8.16. The van der Waals surface area contributed by atoms with E-state index in [0.29, 0.717) is 0 Å². The molecule has 0 radical (unpaired) electrons. The largest absolute Gasteiger partial charge is 0.373 e. The van der Waals surface area contributed by atoms with Crippen LogP contribution in [0.15, 0.2) is 36.4 Å². The molecule has 1 atom stereocenters. The van der Waals surface area contributed by atoms with Crippen LogP contribution in [0.1, 0.15) is 28.7 Å². The van der Waals surface area contributed by atoms with Gasteiger partial charge in [-0.25, -0.2) is 4.90 Å². The van der Waals surface area contributed by atoms with E-state index in [2.05, 4.69) is 5.32 Å². The molecule has 1 aliphatic rings. The average molecular weight is 322 g/mol. The number of nitrogens with zero attached hydrogens (tertiary/aromatic N) is 1. The van der Waals surface area contributed by atoms with E-state index in [-0.39, 0.29) is 18.2 Å². The molecule has 0 unspecified atom stereocenters. The Morgan fingerprint density at radius 3 is 2.17 bits per heavy atom. The number of carbonyl (C=O) groups excluding carboxylic acids is 2. The van der Waals surface area contributed by atoms with E-state index >= 15 is 0 Å². The first-order chi connectivity index (χ1) is 11.4. The maximum atomic E-state index is 12.9. The van der Waals surface area contributed by atoms with E-state index in [9.17, 15) is 9.59 Å². The van der Waals surface area contributed by atoms with Crippen molar-refractivity contribution in [2.45, 2.75) is 40.2 Å². The highest BCUT2D eigenvalue weighted by molar-refractivity contribution is 6.23. The molecule has 1 heterocycles. The molecule has 0 saturated carbocycles. The second kappa shape index (κ2) is 6.11. The number of amides is 2. The average Bonchev–Trinajstić information content (AvgIpc) is 2.79. The van der Waals surface area contributed by atoms with Gasteiger partial charge in [0.2, 0.25) is 5.91 Å². The van der Waals surface area contributed by atoms with Crippen molar-refractivity contribution < 1.29 is 9.59 Å². The molecule has 24 heavy (non-hydrogen) atoms. The minimum absolute atomic E-state index is 0.153. The second-order valence-corrected chi connectivity index (χ2v) is 6.46. The molecule has 1 aliphatic heterocycles. The minimum Gasteiger partial charge on any atom is -0.373 e. The Hall–Kier alpha value is -2.62. The molecule has 2 aromatic rings. The van der Waals surface area contributed by atoms with Gasteiger partial charge in [-0.1, -0.05) is 30.3 Å². The molecule has 0 bridgehead atoms. The van der Waals surface area contributed by atoms with Gasteiger partial charge in [-0.05, 0) is 56.0 Å². The molecule has 2 aromatic carbocycles. The highest BCUT2D eigenvalue weighted by atomic mass is 16.2. The number of para-hydroxylation sites is 1. The van der Waals surface area contributed by atoms with Gasteiger partial charge < -0.3 is 5.32 Å². The molecule has 1 fully saturated rings. The third-order valence-corrected chi connectivity index (χ3v) is 4.74. The first-order valence-corrected chi connectivity index (χ1v) is 8.16. The molecule has 0 spiro atoms. The Morgan fingerprint density at radius 2 is 1.50 bits per heavy atom. The van der Waals surface area contributed by atoms with Crippen LogP contribution < -0.4 is 10.2 Å². The fourth-order valence-corrected chi connectivity index (χ4v) is 3.23. The normalized spacial score (nSPS) is 17.5. The van der Waals surface area contributed by atoms with Crippen LogP contribution in [-0.4, -0.2) is 17.9 Å². The highest BCUT2D eigenvalue weighted by Gasteiger charge is 2.40. The number of anilines is 2. The Morgan fingerprint density at radius 1 is 0.917 bits per heavy atom. The van der Waals surface area contributed by atoms with Crippen LogP contribution in [-0.2, 0) is 9.59 Å². The monoisotopic (exact) mass is 322 g/mol. The van der Waals surface area contributed by atoms with Crippen molar-refractivity contribution in [3.8, 4) is 0 Å². The van der Waals surface area contributed by atoms with E-state index in [1.54, 1.807) is 0 Å². The summed E-state index contributed by atoms with van der Waals surface area (Å²) in [5.74, 6) is -0.335. The van der Waals surface area contributed by atoms with Gasteiger partial charge in [0.15, 0.2) is 0 Å². The lowest BCUT2D eigenvalue weighted by Crippen LogP contribution is -2.35. The van der Waals surface area contributed by atoms with Crippen molar-refractivity contribution in [1.29, 1.82) is 0 Å². The lowest BCUT2D eigenvalue weighted by atomic mass is 10.1. The van der Waals surface area contributed by atoms with Crippen molar-refractivity contribution in [2.75, 3.05) is 10.2 Å². The third-order valence-electron chi connectivity index (χ3n) is 4.74. The standard InChI is InChI=1S/C20H22N2O2/c1-12-7-6-10-16(15(12)4)21-17-11-18(23)22(20(17)24)19-13(2)8-5-9-14(19)3/h5-10,17,21H,11H2,1-4H3/t17-/m1/s1. The Kier molecular flexibility index (Phi) is 4.14. The summed E-state index contributed by atoms with van der Waals surface area (Å²) >= 11 is 0. The molecule has 1 N–H and O–H groups in total. The summed E-state index contributed by atoms with van der Waals surface area (Å²) in [6.07, 6.45) is 0.181. The molecule has 0 aromatic heterocycles. The summed E-state index contributed by atoms with van der Waals surface area (Å²) in [5, 5.41) is 3.26. The summed E-state index contributed by atoms with van der Waals surface area (Å²) < 4.78 is 0. The Balaban J connectivity index is 1.91. The number of carbonyl (C=O) groups is 2. The van der Waals surface area contributed by atoms with Crippen LogP contribution in [0, 0.1) is 27.7 Å². The predicted molar refractivity (Wildman–Crippen MR) is 96.4 cm³/mol. The molecule has 0 aliphatic carbocycles. The summed E-state index contributed by atoms with van der Waals surface area (Å²) in [5.41, 5.74) is 5.75. The number of imide groups is 1. The zero-order valence-electron chi connectivity index (χ0n) is 14.5. The van der Waals surface area contributed by atoms with Crippen molar-refractivity contribution in [2.24, 2.45) is 0 Å². The number of benzene rings is 2. The zero-order valence-corrected chi connectivity index (χ0v) is 14.5. The zero-order chi connectivity index (χ0) is 17.4. The summed E-state index contributed by atoms with van der Waals surface area (Å²) in [6.45, 7) is 7.90. The number of aryl methyl sites for hydroxylation is 3. The number of rotatable bonds is 3. The number of hydrogen-bond acceptors (Lipinski definition) is 3. The molecule has 1 saturated heterocycles. The van der Waals surface area contributed by atoms with Crippen LogP contribution in [0.5, 0.6) is 0 Å². The van der Waals surface area contributed by atoms with Gasteiger partial charge in [0.25, 0.3) is 5.91 Å². The van der Waals surface area contributed by atoms with Crippen molar-refractivity contribution in [1.82, 2.24) is 0 Å². The van der Waals surface area contributed by atoms with E-state index in [1.165, 1.54) is 4.90 Å². The van der Waals surface area contributed by atoms with Gasteiger partial charge in [0.1, 0.15) is 6.04 Å². The molecular weight excluding hydrogens is 300 g/mol. The fourth-order valence-electron chi connectivity index (χ4n) is 3.23. The van der Waals surface area contributed by atoms with Gasteiger partial charge in [-0.15, -0.1) is 0 Å². The van der Waals surface area contributed by atoms with Crippen LogP contribution >= 0.6 is 0 Å². The van der Waals surface area contributed by atoms with Gasteiger partial charge in [0, 0.05) is 5.69 Å². The third kappa shape index (κ3) is 2.68. The van der Waals surface area contributed by atoms with Crippen LogP contribution in [0.3, 0.4) is 0 Å². The van der Waals surface area contributed by atoms with Gasteiger partial charge in [-0.3, -0.25) is 9.59 Å². The minimum atomic E-state index is -0.517. The second-order valence-electron chi connectivity index (χ2n) is 6.46. The maximum Gasteiger partial charge on any atom is 0.256 e. The van der Waals surface area contributed by atoms with Gasteiger partial charge in [-0.2, -0.15) is 0 Å². The van der Waals surface area contributed by atoms with E-state index < -0.39 is 6.04 Å². The molecule has 4 heteroatoms. The van der Waals surface area contributed by atoms with Crippen LogP contribution in [0.4, 0.5) is 11.4 Å². The Bertz CT molecular complexity index is 806. The SMILES string of the molecule is Cc1cccc(N[C@@H]2CC(=O)N(c3c(C)cccc3C)C2=O)c1C. The van der Waals surface area contributed by atoms with Gasteiger partial charge in [0.05, 0.1) is 12.1 Å². The predicted octanol–water partition coefficient (Wildman–Crippen LogP) is 3.66. The molecule has 3 rings (SSSR count). The molecule has 4 nitrogen and oxygen atoms in total. The van der Waals surface area contributed by atoms with Crippen molar-refractivity contribution >= 4 is 23.2 Å². The van der Waals surface area contributed by atoms with E-state index in [1.807, 2.05) is 64.1 Å². The van der Waals surface area contributed by atoms with Crippen LogP contribution in [0.25, 0.3) is 0 Å². The van der Waals surface area contributed by atoms with E-state index in [0.717, 1.165) is 33.6 Å². The number of nitrogens with one attached hydrogen (secondary N) is 1. The van der Waals surface area contributed by atoms with Crippen molar-refractivity contribution in [3.63, 3.8) is 0 Å². The quantitative estimate of drug-likeness (QED) is 0.877. The maximum absolute atomic E-state index is 12.9. The summed E-state index contributed by atoms with van der Waals surface area (Å²) in [6, 6.07) is 11.2. The molecule has 2 amide bonds. The smallest absolute Gasteiger partial charge is 0.256 e. The van der Waals surface area contributed by atoms with Crippen molar-refractivity contribution in [3.05, 3.63) is 58.7 Å².